The highest BCUT2D eigenvalue weighted by molar-refractivity contribution is 5.73. The summed E-state index contributed by atoms with van der Waals surface area (Å²) in [5.41, 5.74) is 4.64. The molecular formula is C27H25NO3. The van der Waals surface area contributed by atoms with Gasteiger partial charge in [-0.2, -0.15) is 4.73 Å². The largest absolute Gasteiger partial charge is 0.452 e. The lowest BCUT2D eigenvalue weighted by atomic mass is 9.98. The third kappa shape index (κ3) is 4.69. The van der Waals surface area contributed by atoms with Gasteiger partial charge in [-0.1, -0.05) is 74.0 Å². The first-order valence-electron chi connectivity index (χ1n) is 10.4. The zero-order chi connectivity index (χ0) is 21.6. The van der Waals surface area contributed by atoms with Gasteiger partial charge >= 0.3 is 0 Å². The summed E-state index contributed by atoms with van der Waals surface area (Å²) in [5.74, 6) is 0.806. The highest BCUT2D eigenvalue weighted by atomic mass is 16.6. The molecule has 4 aromatic rings. The number of hydrogen-bond acceptors (Lipinski definition) is 3. The first-order valence-corrected chi connectivity index (χ1v) is 10.4. The highest BCUT2D eigenvalue weighted by Crippen LogP contribution is 2.27. The quantitative estimate of drug-likeness (QED) is 0.375. The summed E-state index contributed by atoms with van der Waals surface area (Å²) in [4.78, 5) is 18.6. The Morgan fingerprint density at radius 3 is 2.26 bits per heavy atom. The van der Waals surface area contributed by atoms with Crippen LogP contribution in [0.2, 0.25) is 0 Å². The molecule has 0 aliphatic rings. The van der Waals surface area contributed by atoms with Gasteiger partial charge in [-0.05, 0) is 46.9 Å². The number of benzene rings is 3. The molecular weight excluding hydrogens is 386 g/mol. The lowest BCUT2D eigenvalue weighted by Gasteiger charge is -2.12. The third-order valence-corrected chi connectivity index (χ3v) is 5.15. The molecule has 4 heteroatoms. The van der Waals surface area contributed by atoms with Crippen LogP contribution in [0, 0.1) is 0 Å². The molecule has 0 aliphatic heterocycles. The van der Waals surface area contributed by atoms with Gasteiger partial charge < -0.3 is 9.57 Å². The van der Waals surface area contributed by atoms with Gasteiger partial charge in [-0.15, -0.1) is 0 Å². The number of nitrogens with zero attached hydrogens (tertiary/aromatic N) is 1. The van der Waals surface area contributed by atoms with Gasteiger partial charge in [0.1, 0.15) is 12.9 Å². The van der Waals surface area contributed by atoms with E-state index in [0.717, 1.165) is 29.5 Å². The van der Waals surface area contributed by atoms with Crippen molar-refractivity contribution in [2.45, 2.75) is 19.8 Å². The van der Waals surface area contributed by atoms with Crippen molar-refractivity contribution in [2.24, 2.45) is 0 Å². The van der Waals surface area contributed by atoms with E-state index < -0.39 is 0 Å². The molecule has 4 rings (SSSR count). The summed E-state index contributed by atoms with van der Waals surface area (Å²) in [6, 6.07) is 25.8. The van der Waals surface area contributed by atoms with Gasteiger partial charge in [0.2, 0.25) is 5.43 Å². The Morgan fingerprint density at radius 1 is 0.806 bits per heavy atom. The highest BCUT2D eigenvalue weighted by Gasteiger charge is 2.13. The molecule has 0 amide bonds. The smallest absolute Gasteiger partial charge is 0.232 e. The maximum atomic E-state index is 13.2. The number of ether oxygens (including phenoxy) is 1. The molecule has 0 saturated heterocycles. The van der Waals surface area contributed by atoms with Crippen LogP contribution in [0.4, 0.5) is 0 Å². The Labute approximate surface area is 182 Å². The average Bonchev–Trinajstić information content (AvgIpc) is 2.82. The van der Waals surface area contributed by atoms with E-state index in [4.69, 9.17) is 9.57 Å². The van der Waals surface area contributed by atoms with Crippen LogP contribution in [0.1, 0.15) is 18.9 Å². The molecule has 0 aliphatic carbocycles. The molecule has 1 heterocycles. The molecule has 0 N–H and O–H groups in total. The number of para-hydroxylation sites is 1. The molecule has 0 radical (unpaired) electrons. The predicted molar refractivity (Wildman–Crippen MR) is 125 cm³/mol. The van der Waals surface area contributed by atoms with Gasteiger partial charge in [0.05, 0.1) is 18.0 Å². The fourth-order valence-electron chi connectivity index (χ4n) is 3.55. The average molecular weight is 412 g/mol. The summed E-state index contributed by atoms with van der Waals surface area (Å²) in [5, 5.41) is 0. The van der Waals surface area contributed by atoms with Crippen LogP contribution >= 0.6 is 0 Å². The van der Waals surface area contributed by atoms with Crippen molar-refractivity contribution in [1.82, 2.24) is 4.73 Å². The maximum absolute atomic E-state index is 13.2. The van der Waals surface area contributed by atoms with Crippen molar-refractivity contribution in [3.05, 3.63) is 107 Å². The number of pyridine rings is 1. The number of aromatic nitrogens is 1. The van der Waals surface area contributed by atoms with E-state index in [2.05, 4.69) is 37.3 Å². The number of rotatable bonds is 7. The number of hydrogen-bond donors (Lipinski definition) is 0. The monoisotopic (exact) mass is 411 g/mol. The molecule has 0 fully saturated rings. The van der Waals surface area contributed by atoms with Crippen molar-refractivity contribution >= 4 is 0 Å². The summed E-state index contributed by atoms with van der Waals surface area (Å²) in [6.45, 7) is 2.18. The fourth-order valence-corrected chi connectivity index (χ4v) is 3.55. The topological polar surface area (TPSA) is 40.5 Å². The molecule has 0 unspecified atom stereocenters. The van der Waals surface area contributed by atoms with Gasteiger partial charge in [0, 0.05) is 0 Å². The van der Waals surface area contributed by atoms with Crippen molar-refractivity contribution in [3.63, 3.8) is 0 Å². The minimum absolute atomic E-state index is 0.187. The molecule has 0 atom stereocenters. The van der Waals surface area contributed by atoms with E-state index in [1.165, 1.54) is 10.3 Å². The van der Waals surface area contributed by atoms with Crippen LogP contribution in [-0.4, -0.2) is 11.8 Å². The third-order valence-electron chi connectivity index (χ3n) is 5.15. The Balaban J connectivity index is 1.73. The van der Waals surface area contributed by atoms with E-state index in [0.29, 0.717) is 11.3 Å². The van der Waals surface area contributed by atoms with Crippen LogP contribution in [0.5, 0.6) is 11.5 Å². The van der Waals surface area contributed by atoms with Crippen molar-refractivity contribution in [2.75, 3.05) is 7.11 Å². The molecule has 0 bridgehead atoms. The normalized spacial score (nSPS) is 10.6. The second-order valence-electron chi connectivity index (χ2n) is 7.35. The zero-order valence-electron chi connectivity index (χ0n) is 17.7. The van der Waals surface area contributed by atoms with E-state index in [9.17, 15) is 4.79 Å². The second-order valence-corrected chi connectivity index (χ2v) is 7.35. The van der Waals surface area contributed by atoms with Gasteiger partial charge in [0.25, 0.3) is 0 Å². The molecule has 0 spiro atoms. The standard InChI is InChI=1S/C27H25NO3/c1-3-8-20-13-15-21(16-14-20)22-9-7-10-23(17-22)25-18-28(30-2)19-26(27(25)29)31-24-11-5-4-6-12-24/h4-7,9-19H,3,8H2,1-2H3. The van der Waals surface area contributed by atoms with Crippen LogP contribution < -0.4 is 15.0 Å². The maximum Gasteiger partial charge on any atom is 0.232 e. The zero-order valence-corrected chi connectivity index (χ0v) is 17.7. The van der Waals surface area contributed by atoms with E-state index in [1.807, 2.05) is 48.5 Å². The Morgan fingerprint density at radius 2 is 1.55 bits per heavy atom. The molecule has 156 valence electrons. The summed E-state index contributed by atoms with van der Waals surface area (Å²) < 4.78 is 7.34. The van der Waals surface area contributed by atoms with E-state index >= 15 is 0 Å². The van der Waals surface area contributed by atoms with E-state index in [1.54, 1.807) is 19.5 Å². The van der Waals surface area contributed by atoms with Crippen LogP contribution in [0.15, 0.2) is 96.1 Å². The van der Waals surface area contributed by atoms with Crippen molar-refractivity contribution in [1.29, 1.82) is 0 Å². The summed E-state index contributed by atoms with van der Waals surface area (Å²) in [7, 11) is 1.55. The molecule has 1 aromatic heterocycles. The van der Waals surface area contributed by atoms with E-state index in [-0.39, 0.29) is 11.2 Å². The lowest BCUT2D eigenvalue weighted by Crippen LogP contribution is -2.15. The van der Waals surface area contributed by atoms with Crippen molar-refractivity contribution < 1.29 is 9.57 Å². The Kier molecular flexibility index (Phi) is 6.18. The Bertz CT molecular complexity index is 1210. The lowest BCUT2D eigenvalue weighted by molar-refractivity contribution is 0.163. The number of aryl methyl sites for hydroxylation is 1. The summed E-state index contributed by atoms with van der Waals surface area (Å²) >= 11 is 0. The van der Waals surface area contributed by atoms with Crippen LogP contribution in [0.25, 0.3) is 22.3 Å². The molecule has 0 saturated carbocycles. The minimum atomic E-state index is -0.187. The predicted octanol–water partition coefficient (Wildman–Crippen LogP) is 5.99. The molecule has 4 nitrogen and oxygen atoms in total. The second kappa shape index (κ2) is 9.35. The summed E-state index contributed by atoms with van der Waals surface area (Å²) in [6.07, 6.45) is 5.44. The first-order chi connectivity index (χ1) is 15.2. The van der Waals surface area contributed by atoms with Gasteiger partial charge in [0.15, 0.2) is 5.75 Å². The van der Waals surface area contributed by atoms with Gasteiger partial charge in [-0.25, -0.2) is 0 Å². The van der Waals surface area contributed by atoms with Crippen molar-refractivity contribution in [3.8, 4) is 33.8 Å². The molecule has 3 aromatic carbocycles. The van der Waals surface area contributed by atoms with Crippen LogP contribution in [-0.2, 0) is 6.42 Å². The minimum Gasteiger partial charge on any atom is -0.452 e. The molecule has 31 heavy (non-hydrogen) atoms. The fraction of sp³-hybridized carbons (Fsp3) is 0.148. The first kappa shape index (κ1) is 20.5. The van der Waals surface area contributed by atoms with Crippen LogP contribution in [0.3, 0.4) is 0 Å². The Hall–Kier alpha value is -3.79. The SMILES string of the molecule is CCCc1ccc(-c2cccc(-c3cn(OC)cc(Oc4ccccc4)c3=O)c2)cc1. The van der Waals surface area contributed by atoms with Gasteiger partial charge in [-0.3, -0.25) is 4.79 Å².